The highest BCUT2D eigenvalue weighted by molar-refractivity contribution is 5.94. The first-order valence-corrected chi connectivity index (χ1v) is 10.4. The number of aromatic amines is 1. The topological polar surface area (TPSA) is 248 Å². The number of carbonyl (C=O) groups is 5. The maximum absolute atomic E-state index is 12.8. The number of amides is 4. The van der Waals surface area contributed by atoms with Gasteiger partial charge in [0.25, 0.3) is 0 Å². The van der Waals surface area contributed by atoms with Crippen molar-refractivity contribution >= 4 is 29.6 Å². The van der Waals surface area contributed by atoms with E-state index in [1.165, 1.54) is 19.4 Å². The second-order valence-corrected chi connectivity index (χ2v) is 7.53. The molecule has 11 N–H and O–H groups in total. The van der Waals surface area contributed by atoms with Crippen LogP contribution in [0.4, 0.5) is 0 Å². The lowest BCUT2D eigenvalue weighted by atomic mass is 10.1. The number of aromatic nitrogens is 2. The lowest BCUT2D eigenvalue weighted by molar-refractivity contribution is -0.142. The minimum atomic E-state index is -1.26. The summed E-state index contributed by atoms with van der Waals surface area (Å²) in [5.41, 5.74) is 16.6. The Kier molecular flexibility index (Phi) is 11.5. The number of H-pyrrole nitrogens is 1. The molecule has 14 heteroatoms. The van der Waals surface area contributed by atoms with Crippen molar-refractivity contribution in [3.8, 4) is 0 Å². The second-order valence-electron chi connectivity index (χ2n) is 7.53. The van der Waals surface area contributed by atoms with Crippen LogP contribution in [-0.4, -0.2) is 75.4 Å². The third-order valence-corrected chi connectivity index (χ3v) is 4.68. The molecule has 33 heavy (non-hydrogen) atoms. The van der Waals surface area contributed by atoms with Gasteiger partial charge in [-0.25, -0.2) is 9.78 Å². The molecule has 14 nitrogen and oxygen atoms in total. The van der Waals surface area contributed by atoms with Gasteiger partial charge in [0.15, 0.2) is 0 Å². The Morgan fingerprint density at radius 2 is 1.73 bits per heavy atom. The molecule has 0 aliphatic rings. The molecule has 0 fully saturated rings. The molecule has 1 rings (SSSR count). The van der Waals surface area contributed by atoms with Gasteiger partial charge in [0.05, 0.1) is 18.8 Å². The number of nitrogens with zero attached hydrogens (tertiary/aromatic N) is 1. The monoisotopic (exact) mass is 468 g/mol. The molecule has 0 saturated heterocycles. The standard InChI is InChI=1S/C19H32N8O6/c1-10(16(29)26-13(19(32)33)4-2-3-5-20)25-18(31)14(6-11-8-23-9-24-11)27-17(30)12(21)7-15(22)28/h8-10,12-14H,2-7,20-21H2,1H3,(H2,22,28)(H,23,24)(H,25,31)(H,26,29)(H,27,30)(H,32,33). The number of imidazole rings is 1. The smallest absolute Gasteiger partial charge is 0.326 e. The summed E-state index contributed by atoms with van der Waals surface area (Å²) in [6.45, 7) is 1.78. The first-order chi connectivity index (χ1) is 15.5. The molecule has 0 radical (unpaired) electrons. The molecule has 1 aromatic heterocycles. The van der Waals surface area contributed by atoms with E-state index in [4.69, 9.17) is 17.2 Å². The van der Waals surface area contributed by atoms with Crippen molar-refractivity contribution in [3.63, 3.8) is 0 Å². The van der Waals surface area contributed by atoms with Crippen LogP contribution in [0.25, 0.3) is 0 Å². The van der Waals surface area contributed by atoms with Crippen molar-refractivity contribution in [2.45, 2.75) is 63.2 Å². The Labute approximate surface area is 190 Å². The fraction of sp³-hybridized carbons (Fsp3) is 0.579. The quantitative estimate of drug-likeness (QED) is 0.121. The number of hydrogen-bond acceptors (Lipinski definition) is 8. The van der Waals surface area contributed by atoms with Crippen LogP contribution in [-0.2, 0) is 30.4 Å². The van der Waals surface area contributed by atoms with Crippen LogP contribution in [0.5, 0.6) is 0 Å². The van der Waals surface area contributed by atoms with Crippen LogP contribution in [0, 0.1) is 0 Å². The van der Waals surface area contributed by atoms with Gasteiger partial charge < -0.3 is 43.2 Å². The highest BCUT2D eigenvalue weighted by atomic mass is 16.4. The summed E-state index contributed by atoms with van der Waals surface area (Å²) in [4.78, 5) is 66.5. The van der Waals surface area contributed by atoms with Crippen molar-refractivity contribution in [2.75, 3.05) is 6.54 Å². The lowest BCUT2D eigenvalue weighted by Gasteiger charge is -2.23. The molecular formula is C19H32N8O6. The first-order valence-electron chi connectivity index (χ1n) is 10.4. The Hall–Kier alpha value is -3.52. The number of unbranched alkanes of at least 4 members (excludes halogenated alkanes) is 1. The minimum absolute atomic E-state index is 0.00789. The first kappa shape index (κ1) is 27.5. The number of nitrogens with two attached hydrogens (primary N) is 3. The van der Waals surface area contributed by atoms with Gasteiger partial charge in [-0.05, 0) is 32.7 Å². The molecule has 0 aromatic carbocycles. The number of rotatable bonds is 15. The SMILES string of the molecule is CC(NC(=O)C(Cc1cnc[nH]1)NC(=O)C(N)CC(N)=O)C(=O)NC(CCCCN)C(=O)O. The molecule has 4 amide bonds. The van der Waals surface area contributed by atoms with Gasteiger partial charge in [-0.1, -0.05) is 0 Å². The summed E-state index contributed by atoms with van der Waals surface area (Å²) >= 11 is 0. The Balaban J connectivity index is 2.81. The van der Waals surface area contributed by atoms with Gasteiger partial charge in [0.1, 0.15) is 18.1 Å². The van der Waals surface area contributed by atoms with E-state index >= 15 is 0 Å². The maximum Gasteiger partial charge on any atom is 0.326 e. The van der Waals surface area contributed by atoms with Crippen molar-refractivity contribution in [1.82, 2.24) is 25.9 Å². The predicted molar refractivity (Wildman–Crippen MR) is 116 cm³/mol. The van der Waals surface area contributed by atoms with Gasteiger partial charge >= 0.3 is 5.97 Å². The summed E-state index contributed by atoms with van der Waals surface area (Å²) in [6, 6.07) is -4.65. The van der Waals surface area contributed by atoms with E-state index in [1.807, 2.05) is 0 Å². The van der Waals surface area contributed by atoms with Gasteiger partial charge in [-0.3, -0.25) is 19.2 Å². The van der Waals surface area contributed by atoms with Gasteiger partial charge in [-0.15, -0.1) is 0 Å². The zero-order chi connectivity index (χ0) is 25.0. The van der Waals surface area contributed by atoms with Crippen LogP contribution in [0.15, 0.2) is 12.5 Å². The van der Waals surface area contributed by atoms with Crippen molar-refractivity contribution in [3.05, 3.63) is 18.2 Å². The zero-order valence-corrected chi connectivity index (χ0v) is 18.4. The molecule has 0 aliphatic carbocycles. The van der Waals surface area contributed by atoms with Crippen molar-refractivity contribution < 1.29 is 29.1 Å². The fourth-order valence-corrected chi connectivity index (χ4v) is 2.84. The largest absolute Gasteiger partial charge is 0.480 e. The van der Waals surface area contributed by atoms with E-state index in [2.05, 4.69) is 25.9 Å². The summed E-state index contributed by atoms with van der Waals surface area (Å²) in [5, 5.41) is 16.5. The van der Waals surface area contributed by atoms with E-state index in [-0.39, 0.29) is 12.8 Å². The van der Waals surface area contributed by atoms with Crippen molar-refractivity contribution in [2.24, 2.45) is 17.2 Å². The molecule has 184 valence electrons. The zero-order valence-electron chi connectivity index (χ0n) is 18.4. The molecule has 4 atom stereocenters. The number of carboxylic acid groups (broad SMARTS) is 1. The Morgan fingerprint density at radius 3 is 2.27 bits per heavy atom. The number of carboxylic acids is 1. The lowest BCUT2D eigenvalue weighted by Crippen LogP contribution is -2.57. The van der Waals surface area contributed by atoms with Crippen LogP contribution >= 0.6 is 0 Å². The van der Waals surface area contributed by atoms with E-state index in [0.717, 1.165) is 0 Å². The van der Waals surface area contributed by atoms with E-state index in [1.54, 1.807) is 0 Å². The highest BCUT2D eigenvalue weighted by Crippen LogP contribution is 2.03. The third-order valence-electron chi connectivity index (χ3n) is 4.68. The second kappa shape index (κ2) is 13.8. The Bertz CT molecular complexity index is 815. The normalized spacial score (nSPS) is 14.4. The van der Waals surface area contributed by atoms with E-state index < -0.39 is 60.2 Å². The van der Waals surface area contributed by atoms with Crippen molar-refractivity contribution in [1.29, 1.82) is 0 Å². The number of nitrogens with one attached hydrogen (secondary N) is 4. The highest BCUT2D eigenvalue weighted by Gasteiger charge is 2.29. The van der Waals surface area contributed by atoms with Crippen LogP contribution in [0.3, 0.4) is 0 Å². The van der Waals surface area contributed by atoms with Gasteiger partial charge in [0.2, 0.25) is 23.6 Å². The summed E-state index contributed by atoms with van der Waals surface area (Å²) in [5.74, 6) is -4.19. The number of hydrogen-bond donors (Lipinski definition) is 8. The number of aliphatic carboxylic acids is 1. The van der Waals surface area contributed by atoms with Gasteiger partial charge in [-0.2, -0.15) is 0 Å². The summed E-state index contributed by atoms with van der Waals surface area (Å²) < 4.78 is 0. The van der Waals surface area contributed by atoms with E-state index in [0.29, 0.717) is 25.1 Å². The van der Waals surface area contributed by atoms with E-state index in [9.17, 15) is 29.1 Å². The predicted octanol–water partition coefficient (Wildman–Crippen LogP) is -3.16. The molecule has 0 aliphatic heterocycles. The Morgan fingerprint density at radius 1 is 1.06 bits per heavy atom. The molecule has 1 heterocycles. The average Bonchev–Trinajstić information content (AvgIpc) is 3.24. The fourth-order valence-electron chi connectivity index (χ4n) is 2.84. The van der Waals surface area contributed by atoms with Crippen LogP contribution < -0.4 is 33.2 Å². The van der Waals surface area contributed by atoms with Crippen LogP contribution in [0.2, 0.25) is 0 Å². The molecule has 1 aromatic rings. The third kappa shape index (κ3) is 10.1. The number of carbonyl (C=O) groups excluding carboxylic acids is 4. The molecule has 0 saturated carbocycles. The summed E-state index contributed by atoms with van der Waals surface area (Å²) in [6.07, 6.45) is 3.73. The molecule has 4 unspecified atom stereocenters. The van der Waals surface area contributed by atoms with Gasteiger partial charge in [0, 0.05) is 18.3 Å². The minimum Gasteiger partial charge on any atom is -0.480 e. The molecule has 0 spiro atoms. The molecule has 0 bridgehead atoms. The van der Waals surface area contributed by atoms with Crippen LogP contribution in [0.1, 0.15) is 38.3 Å². The summed E-state index contributed by atoms with van der Waals surface area (Å²) in [7, 11) is 0. The maximum atomic E-state index is 12.8. The number of primary amides is 1. The average molecular weight is 469 g/mol. The molecular weight excluding hydrogens is 436 g/mol.